The molecule has 0 aliphatic heterocycles. The molecule has 0 atom stereocenters. The maximum atomic E-state index is 12.6. The van der Waals surface area contributed by atoms with Crippen molar-refractivity contribution in [1.29, 1.82) is 0 Å². The molecule has 118 valence electrons. The van der Waals surface area contributed by atoms with Gasteiger partial charge in [-0.05, 0) is 23.8 Å². The first-order chi connectivity index (χ1) is 11.6. The first kappa shape index (κ1) is 14.1. The van der Waals surface area contributed by atoms with E-state index in [1.807, 2.05) is 18.2 Å². The number of benzene rings is 2. The van der Waals surface area contributed by atoms with E-state index in [1.165, 1.54) is 0 Å². The van der Waals surface area contributed by atoms with Crippen molar-refractivity contribution in [3.8, 4) is 0 Å². The number of para-hydroxylation sites is 2. The third-order valence-corrected chi connectivity index (χ3v) is 3.87. The lowest BCUT2D eigenvalue weighted by atomic mass is 10.1. The van der Waals surface area contributed by atoms with Crippen molar-refractivity contribution < 1.29 is 0 Å². The molecule has 0 fully saturated rings. The highest BCUT2D eigenvalue weighted by Gasteiger charge is 2.11. The van der Waals surface area contributed by atoms with Gasteiger partial charge in [-0.25, -0.2) is 4.98 Å². The third kappa shape index (κ3) is 2.23. The minimum Gasteiger partial charge on any atom is -0.398 e. The highest BCUT2D eigenvalue weighted by molar-refractivity contribution is 5.78. The molecule has 7 heteroatoms. The summed E-state index contributed by atoms with van der Waals surface area (Å²) in [6, 6.07) is 14.2. The lowest BCUT2D eigenvalue weighted by Gasteiger charge is -2.06. The Morgan fingerprint density at radius 2 is 1.79 bits per heavy atom. The molecule has 0 aliphatic carbocycles. The summed E-state index contributed by atoms with van der Waals surface area (Å²) < 4.78 is 1.12. The van der Waals surface area contributed by atoms with E-state index in [1.54, 1.807) is 30.3 Å². The molecule has 0 spiro atoms. The van der Waals surface area contributed by atoms with Crippen LogP contribution in [0.15, 0.2) is 58.1 Å². The summed E-state index contributed by atoms with van der Waals surface area (Å²) in [6.07, 6.45) is 0.233. The van der Waals surface area contributed by atoms with Gasteiger partial charge in [0.2, 0.25) is 5.78 Å². The number of aromatic amines is 1. The molecule has 0 aliphatic rings. The number of aromatic nitrogens is 4. The lowest BCUT2D eigenvalue weighted by Crippen LogP contribution is -2.27. The van der Waals surface area contributed by atoms with Gasteiger partial charge < -0.3 is 5.73 Å². The fourth-order valence-electron chi connectivity index (χ4n) is 2.63. The van der Waals surface area contributed by atoms with Gasteiger partial charge in [-0.15, -0.1) is 0 Å². The van der Waals surface area contributed by atoms with Crippen LogP contribution in [0.25, 0.3) is 16.7 Å². The number of H-pyrrole nitrogens is 1. The van der Waals surface area contributed by atoms with Crippen molar-refractivity contribution in [2.45, 2.75) is 6.42 Å². The summed E-state index contributed by atoms with van der Waals surface area (Å²) >= 11 is 0. The van der Waals surface area contributed by atoms with E-state index in [9.17, 15) is 9.59 Å². The molecule has 0 saturated carbocycles. The summed E-state index contributed by atoms with van der Waals surface area (Å²) in [5.74, 6) is 0.119. The van der Waals surface area contributed by atoms with Crippen LogP contribution in [-0.2, 0) is 6.42 Å². The van der Waals surface area contributed by atoms with Gasteiger partial charge in [-0.2, -0.15) is 9.61 Å². The highest BCUT2D eigenvalue weighted by atomic mass is 16.1. The van der Waals surface area contributed by atoms with E-state index in [-0.39, 0.29) is 29.0 Å². The first-order valence-corrected chi connectivity index (χ1v) is 7.38. The van der Waals surface area contributed by atoms with Crippen molar-refractivity contribution >= 4 is 22.4 Å². The Balaban J connectivity index is 1.95. The second-order valence-electron chi connectivity index (χ2n) is 5.45. The van der Waals surface area contributed by atoms with Crippen molar-refractivity contribution in [3.05, 3.63) is 80.5 Å². The molecule has 2 aromatic carbocycles. The molecular weight excluding hydrogens is 306 g/mol. The average Bonchev–Trinajstić information content (AvgIpc) is 2.58. The zero-order valence-electron chi connectivity index (χ0n) is 12.6. The van der Waals surface area contributed by atoms with Crippen LogP contribution in [-0.4, -0.2) is 19.6 Å². The smallest absolute Gasteiger partial charge is 0.283 e. The summed E-state index contributed by atoms with van der Waals surface area (Å²) in [4.78, 5) is 31.8. The molecule has 3 N–H and O–H groups in total. The minimum atomic E-state index is -0.388. The zero-order chi connectivity index (χ0) is 16.7. The van der Waals surface area contributed by atoms with Crippen LogP contribution in [0.4, 0.5) is 5.69 Å². The molecule has 0 saturated heterocycles. The van der Waals surface area contributed by atoms with Crippen molar-refractivity contribution in [2.75, 3.05) is 5.73 Å². The van der Waals surface area contributed by atoms with E-state index in [2.05, 4.69) is 15.1 Å². The second-order valence-corrected chi connectivity index (χ2v) is 5.45. The molecule has 2 aromatic heterocycles. The van der Waals surface area contributed by atoms with Gasteiger partial charge in [0, 0.05) is 12.1 Å². The predicted molar refractivity (Wildman–Crippen MR) is 91.0 cm³/mol. The van der Waals surface area contributed by atoms with E-state index in [0.717, 1.165) is 10.1 Å². The molecule has 4 rings (SSSR count). The Bertz CT molecular complexity index is 1190. The predicted octanol–water partition coefficient (Wildman–Crippen LogP) is 1.10. The largest absolute Gasteiger partial charge is 0.398 e. The average molecular weight is 319 g/mol. The van der Waals surface area contributed by atoms with Crippen LogP contribution < -0.4 is 16.9 Å². The molecule has 7 nitrogen and oxygen atoms in total. The van der Waals surface area contributed by atoms with E-state index in [4.69, 9.17) is 5.73 Å². The molecule has 2 heterocycles. The summed E-state index contributed by atoms with van der Waals surface area (Å²) in [6.45, 7) is 0. The van der Waals surface area contributed by atoms with Gasteiger partial charge in [-0.3, -0.25) is 14.6 Å². The van der Waals surface area contributed by atoms with Crippen LogP contribution >= 0.6 is 0 Å². The Kier molecular flexibility index (Phi) is 3.13. The monoisotopic (exact) mass is 319 g/mol. The van der Waals surface area contributed by atoms with Gasteiger partial charge in [0.15, 0.2) is 0 Å². The summed E-state index contributed by atoms with van der Waals surface area (Å²) in [5, 5.41) is 4.65. The van der Waals surface area contributed by atoms with Crippen molar-refractivity contribution in [2.24, 2.45) is 0 Å². The van der Waals surface area contributed by atoms with E-state index in [0.29, 0.717) is 16.6 Å². The third-order valence-electron chi connectivity index (χ3n) is 3.87. The molecule has 0 radical (unpaired) electrons. The van der Waals surface area contributed by atoms with E-state index < -0.39 is 0 Å². The number of nitrogens with zero attached hydrogens (tertiary/aromatic N) is 3. The maximum Gasteiger partial charge on any atom is 0.283 e. The number of hydrogen-bond acceptors (Lipinski definition) is 5. The zero-order valence-corrected chi connectivity index (χ0v) is 12.6. The molecule has 4 aromatic rings. The standard InChI is InChI=1S/C17H13N5O2/c18-12-7-3-1-5-10(12)9-14-15(23)20-17-19-13-8-4-2-6-11(13)16(24)22(17)21-14/h1-8H,9,18H2,(H,19,20,23). The van der Waals surface area contributed by atoms with Crippen molar-refractivity contribution in [1.82, 2.24) is 19.6 Å². The fourth-order valence-corrected chi connectivity index (χ4v) is 2.63. The minimum absolute atomic E-state index is 0.119. The van der Waals surface area contributed by atoms with Gasteiger partial charge in [-0.1, -0.05) is 30.3 Å². The number of nitrogens with one attached hydrogen (secondary N) is 1. The van der Waals surface area contributed by atoms with Crippen LogP contribution in [0.1, 0.15) is 11.3 Å². The van der Waals surface area contributed by atoms with Gasteiger partial charge in [0.05, 0.1) is 10.9 Å². The Morgan fingerprint density at radius 1 is 1.04 bits per heavy atom. The molecular formula is C17H13N5O2. The fraction of sp³-hybridized carbons (Fsp3) is 0.0588. The second kappa shape index (κ2) is 5.31. The molecule has 0 unspecified atom stereocenters. The van der Waals surface area contributed by atoms with E-state index >= 15 is 0 Å². The normalized spacial score (nSPS) is 11.2. The topological polar surface area (TPSA) is 106 Å². The number of anilines is 1. The van der Waals surface area contributed by atoms with Gasteiger partial charge in [0.1, 0.15) is 5.69 Å². The highest BCUT2D eigenvalue weighted by Crippen LogP contribution is 2.13. The number of nitrogen functional groups attached to an aromatic ring is 1. The van der Waals surface area contributed by atoms with Crippen molar-refractivity contribution in [3.63, 3.8) is 0 Å². The van der Waals surface area contributed by atoms with Gasteiger partial charge in [0.25, 0.3) is 11.1 Å². The van der Waals surface area contributed by atoms with Gasteiger partial charge >= 0.3 is 0 Å². The van der Waals surface area contributed by atoms with Crippen LogP contribution in [0, 0.1) is 0 Å². The number of fused-ring (bicyclic) bond motifs is 2. The van der Waals surface area contributed by atoms with Crippen LogP contribution in [0.5, 0.6) is 0 Å². The first-order valence-electron chi connectivity index (χ1n) is 7.38. The molecule has 0 bridgehead atoms. The Morgan fingerprint density at radius 3 is 2.62 bits per heavy atom. The number of rotatable bonds is 2. The molecule has 24 heavy (non-hydrogen) atoms. The van der Waals surface area contributed by atoms with Crippen LogP contribution in [0.2, 0.25) is 0 Å². The Labute approximate surface area is 135 Å². The quantitative estimate of drug-likeness (QED) is 0.425. The number of nitrogens with two attached hydrogens (primary N) is 1. The molecule has 0 amide bonds. The van der Waals surface area contributed by atoms with Crippen LogP contribution in [0.3, 0.4) is 0 Å². The summed E-state index contributed by atoms with van der Waals surface area (Å²) in [5.41, 5.74) is 7.27. The summed E-state index contributed by atoms with van der Waals surface area (Å²) in [7, 11) is 0. The number of hydrogen-bond donors (Lipinski definition) is 2. The SMILES string of the molecule is Nc1ccccc1Cc1nn2c(=O)c3ccccc3nc2[nH]c1=O. The maximum absolute atomic E-state index is 12.6. The lowest BCUT2D eigenvalue weighted by molar-refractivity contribution is 0.791. The Hall–Kier alpha value is -3.48.